The van der Waals surface area contributed by atoms with Crippen molar-refractivity contribution in [3.63, 3.8) is 0 Å². The molecule has 1 saturated carbocycles. The number of hydrogen-bond acceptors (Lipinski definition) is 4. The lowest BCUT2D eigenvalue weighted by molar-refractivity contribution is -0.130. The molecule has 1 heterocycles. The Labute approximate surface area is 148 Å². The number of rotatable bonds is 5. The molecule has 2 unspecified atom stereocenters. The molecule has 5 nitrogen and oxygen atoms in total. The Morgan fingerprint density at radius 1 is 1.28 bits per heavy atom. The lowest BCUT2D eigenvalue weighted by Gasteiger charge is -2.31. The summed E-state index contributed by atoms with van der Waals surface area (Å²) in [5, 5.41) is 10.1. The number of benzene rings is 1. The maximum atomic E-state index is 12.6. The van der Waals surface area contributed by atoms with Crippen LogP contribution in [0.5, 0.6) is 0 Å². The molecule has 1 N–H and O–H groups in total. The van der Waals surface area contributed by atoms with Gasteiger partial charge in [-0.1, -0.05) is 31.0 Å². The van der Waals surface area contributed by atoms with E-state index in [2.05, 4.69) is 4.98 Å². The second-order valence-corrected chi connectivity index (χ2v) is 6.95. The van der Waals surface area contributed by atoms with E-state index in [1.54, 1.807) is 11.9 Å². The SMILES string of the molecule is Cc1oc(-c2ccccc2)nc1CC(=O)N(C)CC1CCCCC1O. The van der Waals surface area contributed by atoms with Crippen LogP contribution in [-0.4, -0.2) is 40.6 Å². The molecule has 5 heteroatoms. The molecule has 1 fully saturated rings. The zero-order valence-electron chi connectivity index (χ0n) is 14.9. The highest BCUT2D eigenvalue weighted by atomic mass is 16.4. The number of hydrogen-bond donors (Lipinski definition) is 1. The lowest BCUT2D eigenvalue weighted by atomic mass is 9.86. The normalized spacial score (nSPS) is 20.4. The summed E-state index contributed by atoms with van der Waals surface area (Å²) in [5.74, 6) is 1.42. The molecule has 134 valence electrons. The average molecular weight is 342 g/mol. The van der Waals surface area contributed by atoms with Gasteiger partial charge in [-0.05, 0) is 31.9 Å². The second kappa shape index (κ2) is 7.83. The van der Waals surface area contributed by atoms with Crippen molar-refractivity contribution < 1.29 is 14.3 Å². The fourth-order valence-electron chi connectivity index (χ4n) is 3.43. The monoisotopic (exact) mass is 342 g/mol. The fraction of sp³-hybridized carbons (Fsp3) is 0.500. The number of aromatic nitrogens is 1. The highest BCUT2D eigenvalue weighted by molar-refractivity contribution is 5.78. The molecule has 25 heavy (non-hydrogen) atoms. The number of oxazole rings is 1. The molecule has 1 aromatic carbocycles. The number of carbonyl (C=O) groups excluding carboxylic acids is 1. The summed E-state index contributed by atoms with van der Waals surface area (Å²) in [6.07, 6.45) is 3.97. The van der Waals surface area contributed by atoms with Crippen molar-refractivity contribution >= 4 is 5.91 Å². The maximum absolute atomic E-state index is 12.6. The van der Waals surface area contributed by atoms with Gasteiger partial charge in [0.05, 0.1) is 18.2 Å². The summed E-state index contributed by atoms with van der Waals surface area (Å²) in [6.45, 7) is 2.44. The van der Waals surface area contributed by atoms with E-state index in [1.165, 1.54) is 0 Å². The fourth-order valence-corrected chi connectivity index (χ4v) is 3.43. The van der Waals surface area contributed by atoms with Gasteiger partial charge in [-0.3, -0.25) is 4.79 Å². The smallest absolute Gasteiger partial charge is 0.228 e. The Kier molecular flexibility index (Phi) is 5.53. The topological polar surface area (TPSA) is 66.6 Å². The number of aryl methyl sites for hydroxylation is 1. The molecule has 1 aliphatic rings. The summed E-state index contributed by atoms with van der Waals surface area (Å²) in [4.78, 5) is 18.8. The van der Waals surface area contributed by atoms with E-state index in [-0.39, 0.29) is 24.3 Å². The number of nitrogens with zero attached hydrogens (tertiary/aromatic N) is 2. The van der Waals surface area contributed by atoms with Gasteiger partial charge < -0.3 is 14.4 Å². The van der Waals surface area contributed by atoms with Gasteiger partial charge in [0.15, 0.2) is 0 Å². The molecular formula is C20H26N2O3. The third-order valence-electron chi connectivity index (χ3n) is 5.04. The van der Waals surface area contributed by atoms with Crippen molar-refractivity contribution in [2.24, 2.45) is 5.92 Å². The zero-order chi connectivity index (χ0) is 17.8. The quantitative estimate of drug-likeness (QED) is 0.906. The first-order valence-corrected chi connectivity index (χ1v) is 8.98. The lowest BCUT2D eigenvalue weighted by Crippen LogP contribution is -2.38. The van der Waals surface area contributed by atoms with E-state index in [1.807, 2.05) is 37.3 Å². The van der Waals surface area contributed by atoms with E-state index < -0.39 is 0 Å². The van der Waals surface area contributed by atoms with Crippen molar-refractivity contribution in [2.45, 2.75) is 45.1 Å². The Bertz CT molecular complexity index is 711. The Morgan fingerprint density at radius 2 is 2.00 bits per heavy atom. The molecule has 1 aromatic heterocycles. The molecule has 1 aliphatic carbocycles. The van der Waals surface area contributed by atoms with Crippen LogP contribution >= 0.6 is 0 Å². The predicted molar refractivity (Wildman–Crippen MR) is 96.0 cm³/mol. The summed E-state index contributed by atoms with van der Waals surface area (Å²) in [6, 6.07) is 9.69. The van der Waals surface area contributed by atoms with Crippen LogP contribution in [0.25, 0.3) is 11.5 Å². The van der Waals surface area contributed by atoms with Crippen molar-refractivity contribution in [3.8, 4) is 11.5 Å². The standard InChI is InChI=1S/C20H26N2O3/c1-14-17(21-20(25-14)15-8-4-3-5-9-15)12-19(24)22(2)13-16-10-6-7-11-18(16)23/h3-5,8-9,16,18,23H,6-7,10-13H2,1-2H3. The summed E-state index contributed by atoms with van der Waals surface area (Å²) >= 11 is 0. The van der Waals surface area contributed by atoms with E-state index in [0.717, 1.165) is 31.2 Å². The maximum Gasteiger partial charge on any atom is 0.228 e. The number of aliphatic hydroxyl groups is 1. The van der Waals surface area contributed by atoms with Gasteiger partial charge in [-0.25, -0.2) is 4.98 Å². The van der Waals surface area contributed by atoms with Crippen molar-refractivity contribution in [2.75, 3.05) is 13.6 Å². The molecule has 0 saturated heterocycles. The summed E-state index contributed by atoms with van der Waals surface area (Å²) in [7, 11) is 1.80. The first-order chi connectivity index (χ1) is 12.0. The van der Waals surface area contributed by atoms with E-state index in [0.29, 0.717) is 23.9 Å². The van der Waals surface area contributed by atoms with Crippen LogP contribution in [0.2, 0.25) is 0 Å². The number of aliphatic hydroxyl groups excluding tert-OH is 1. The highest BCUT2D eigenvalue weighted by Crippen LogP contribution is 2.25. The molecule has 0 bridgehead atoms. The van der Waals surface area contributed by atoms with E-state index in [4.69, 9.17) is 4.42 Å². The summed E-state index contributed by atoms with van der Waals surface area (Å²) in [5.41, 5.74) is 1.59. The van der Waals surface area contributed by atoms with Crippen molar-refractivity contribution in [1.29, 1.82) is 0 Å². The first kappa shape index (κ1) is 17.7. The predicted octanol–water partition coefficient (Wildman–Crippen LogP) is 3.20. The van der Waals surface area contributed by atoms with Crippen LogP contribution in [0.1, 0.15) is 37.1 Å². The molecule has 0 spiro atoms. The van der Waals surface area contributed by atoms with Crippen LogP contribution in [0.15, 0.2) is 34.7 Å². The minimum atomic E-state index is -0.289. The number of amides is 1. The molecular weight excluding hydrogens is 316 g/mol. The van der Waals surface area contributed by atoms with Gasteiger partial charge in [-0.15, -0.1) is 0 Å². The molecule has 2 atom stereocenters. The molecule has 1 amide bonds. The third kappa shape index (κ3) is 4.28. The Balaban J connectivity index is 1.63. The second-order valence-electron chi connectivity index (χ2n) is 6.95. The largest absolute Gasteiger partial charge is 0.441 e. The van der Waals surface area contributed by atoms with Crippen molar-refractivity contribution in [1.82, 2.24) is 9.88 Å². The average Bonchev–Trinajstić information content (AvgIpc) is 2.98. The van der Waals surface area contributed by atoms with Crippen LogP contribution in [-0.2, 0) is 11.2 Å². The van der Waals surface area contributed by atoms with E-state index in [9.17, 15) is 9.90 Å². The minimum Gasteiger partial charge on any atom is -0.441 e. The molecule has 2 aromatic rings. The van der Waals surface area contributed by atoms with Crippen LogP contribution in [0.3, 0.4) is 0 Å². The Morgan fingerprint density at radius 3 is 2.72 bits per heavy atom. The van der Waals surface area contributed by atoms with Crippen LogP contribution in [0.4, 0.5) is 0 Å². The van der Waals surface area contributed by atoms with Gasteiger partial charge in [0.2, 0.25) is 11.8 Å². The van der Waals surface area contributed by atoms with Crippen LogP contribution < -0.4 is 0 Å². The summed E-state index contributed by atoms with van der Waals surface area (Å²) < 4.78 is 5.73. The molecule has 0 aliphatic heterocycles. The first-order valence-electron chi connectivity index (χ1n) is 8.98. The third-order valence-corrected chi connectivity index (χ3v) is 5.04. The highest BCUT2D eigenvalue weighted by Gasteiger charge is 2.26. The van der Waals surface area contributed by atoms with Crippen molar-refractivity contribution in [3.05, 3.63) is 41.8 Å². The van der Waals surface area contributed by atoms with Crippen LogP contribution in [0, 0.1) is 12.8 Å². The van der Waals surface area contributed by atoms with Gasteiger partial charge in [0, 0.05) is 25.1 Å². The Hall–Kier alpha value is -2.14. The van der Waals surface area contributed by atoms with Gasteiger partial charge in [0.1, 0.15) is 5.76 Å². The van der Waals surface area contributed by atoms with Gasteiger partial charge >= 0.3 is 0 Å². The molecule has 3 rings (SSSR count). The van der Waals surface area contributed by atoms with E-state index >= 15 is 0 Å². The van der Waals surface area contributed by atoms with Gasteiger partial charge in [-0.2, -0.15) is 0 Å². The number of carbonyl (C=O) groups is 1. The number of likely N-dealkylation sites (N-methyl/N-ethyl adjacent to an activating group) is 1. The van der Waals surface area contributed by atoms with Gasteiger partial charge in [0.25, 0.3) is 0 Å². The zero-order valence-corrected chi connectivity index (χ0v) is 14.9. The molecule has 0 radical (unpaired) electrons. The minimum absolute atomic E-state index is 0.00813.